The molecule has 4 nitrogen and oxygen atoms in total. The number of anilines is 1. The van der Waals surface area contributed by atoms with E-state index >= 15 is 0 Å². The Hall–Kier alpha value is -0.905. The fraction of sp³-hybridized carbons (Fsp3) is 0.250. The third-order valence-electron chi connectivity index (χ3n) is 2.07. The molecular formula is C8H9BClNO3. The maximum Gasteiger partial charge on any atom is 0.490 e. The normalized spacial score (nSPS) is 13.9. The summed E-state index contributed by atoms with van der Waals surface area (Å²) < 4.78 is 5.33. The van der Waals surface area contributed by atoms with Gasteiger partial charge in [0, 0.05) is 12.0 Å². The molecule has 0 saturated carbocycles. The average molecular weight is 213 g/mol. The Morgan fingerprint density at radius 2 is 2.21 bits per heavy atom. The number of halogens is 1. The van der Waals surface area contributed by atoms with Crippen LogP contribution >= 0.6 is 11.6 Å². The van der Waals surface area contributed by atoms with E-state index in [0.717, 1.165) is 0 Å². The molecule has 0 bridgehead atoms. The van der Waals surface area contributed by atoms with E-state index in [1.807, 2.05) is 0 Å². The molecule has 1 aliphatic rings. The Morgan fingerprint density at radius 3 is 2.93 bits per heavy atom. The lowest BCUT2D eigenvalue weighted by atomic mass is 9.80. The van der Waals surface area contributed by atoms with Gasteiger partial charge in [0.05, 0.1) is 10.7 Å². The Bertz CT molecular complexity index is 359. The molecule has 0 radical (unpaired) electrons. The van der Waals surface area contributed by atoms with Crippen LogP contribution in [0.25, 0.3) is 0 Å². The smallest absolute Gasteiger partial charge is 0.490 e. The molecule has 0 unspecified atom stereocenters. The van der Waals surface area contributed by atoms with Gasteiger partial charge in [-0.05, 0) is 6.07 Å². The SMILES string of the molecule is OB(O)c1ccc2c(c1Cl)NCCO2. The first kappa shape index (κ1) is 9.64. The lowest BCUT2D eigenvalue weighted by Gasteiger charge is -2.21. The summed E-state index contributed by atoms with van der Waals surface area (Å²) in [7, 11) is -1.56. The van der Waals surface area contributed by atoms with Crippen molar-refractivity contribution in [2.45, 2.75) is 0 Å². The number of benzene rings is 1. The van der Waals surface area contributed by atoms with Crippen LogP contribution in [-0.4, -0.2) is 30.3 Å². The Kier molecular flexibility index (Phi) is 2.54. The molecule has 0 spiro atoms. The zero-order valence-electron chi connectivity index (χ0n) is 7.33. The van der Waals surface area contributed by atoms with Gasteiger partial charge in [0.15, 0.2) is 0 Å². The molecule has 0 amide bonds. The summed E-state index contributed by atoms with van der Waals surface area (Å²) in [6, 6.07) is 3.21. The first-order chi connectivity index (χ1) is 6.70. The van der Waals surface area contributed by atoms with Crippen LogP contribution in [-0.2, 0) is 0 Å². The van der Waals surface area contributed by atoms with Gasteiger partial charge in [0.2, 0.25) is 0 Å². The topological polar surface area (TPSA) is 61.7 Å². The van der Waals surface area contributed by atoms with E-state index in [-0.39, 0.29) is 5.46 Å². The number of ether oxygens (including phenoxy) is 1. The van der Waals surface area contributed by atoms with E-state index in [4.69, 9.17) is 26.4 Å². The van der Waals surface area contributed by atoms with Gasteiger partial charge >= 0.3 is 7.12 Å². The number of hydrogen-bond acceptors (Lipinski definition) is 4. The van der Waals surface area contributed by atoms with Crippen molar-refractivity contribution in [3.05, 3.63) is 17.2 Å². The fourth-order valence-corrected chi connectivity index (χ4v) is 1.72. The zero-order valence-corrected chi connectivity index (χ0v) is 8.08. The molecular weight excluding hydrogens is 204 g/mol. The Balaban J connectivity index is 2.49. The monoisotopic (exact) mass is 213 g/mol. The molecule has 2 rings (SSSR count). The first-order valence-electron chi connectivity index (χ1n) is 4.25. The number of nitrogens with one attached hydrogen (secondary N) is 1. The van der Waals surface area contributed by atoms with Gasteiger partial charge in [-0.2, -0.15) is 0 Å². The average Bonchev–Trinajstić information content (AvgIpc) is 2.18. The van der Waals surface area contributed by atoms with E-state index in [2.05, 4.69) is 5.32 Å². The summed E-state index contributed by atoms with van der Waals surface area (Å²) in [6.45, 7) is 1.25. The summed E-state index contributed by atoms with van der Waals surface area (Å²) in [5, 5.41) is 21.4. The molecule has 1 aromatic rings. The quantitative estimate of drug-likeness (QED) is 0.567. The van der Waals surface area contributed by atoms with Crippen molar-refractivity contribution >= 4 is 29.9 Å². The van der Waals surface area contributed by atoms with Gasteiger partial charge in [-0.15, -0.1) is 0 Å². The molecule has 74 valence electrons. The van der Waals surface area contributed by atoms with Crippen LogP contribution in [0.5, 0.6) is 5.75 Å². The molecule has 1 aromatic carbocycles. The van der Waals surface area contributed by atoms with Crippen molar-refractivity contribution in [2.24, 2.45) is 0 Å². The summed E-state index contributed by atoms with van der Waals surface area (Å²) in [5.41, 5.74) is 0.909. The van der Waals surface area contributed by atoms with Crippen LogP contribution in [0.4, 0.5) is 5.69 Å². The third-order valence-corrected chi connectivity index (χ3v) is 2.48. The van der Waals surface area contributed by atoms with Crippen molar-refractivity contribution in [3.8, 4) is 5.75 Å². The molecule has 0 atom stereocenters. The zero-order chi connectivity index (χ0) is 10.1. The second kappa shape index (κ2) is 3.69. The summed E-state index contributed by atoms with van der Waals surface area (Å²) in [5.74, 6) is 0.644. The molecule has 6 heteroatoms. The maximum absolute atomic E-state index is 9.01. The fourth-order valence-electron chi connectivity index (χ4n) is 1.40. The first-order valence-corrected chi connectivity index (χ1v) is 4.63. The third kappa shape index (κ3) is 1.54. The maximum atomic E-state index is 9.01. The van der Waals surface area contributed by atoms with E-state index in [1.54, 1.807) is 12.1 Å². The van der Waals surface area contributed by atoms with Gasteiger partial charge in [0.25, 0.3) is 0 Å². The van der Waals surface area contributed by atoms with Gasteiger partial charge in [0.1, 0.15) is 12.4 Å². The largest absolute Gasteiger partial charge is 0.490 e. The van der Waals surface area contributed by atoms with Crippen LogP contribution in [0.15, 0.2) is 12.1 Å². The number of rotatable bonds is 1. The molecule has 0 saturated heterocycles. The van der Waals surface area contributed by atoms with Crippen molar-refractivity contribution in [1.29, 1.82) is 0 Å². The standard InChI is InChI=1S/C8H9BClNO3/c10-7-5(9(12)13)1-2-6-8(7)11-3-4-14-6/h1-2,11-13H,3-4H2. The Morgan fingerprint density at radius 1 is 1.43 bits per heavy atom. The van der Waals surface area contributed by atoms with Crippen LogP contribution in [0.3, 0.4) is 0 Å². The molecule has 0 aromatic heterocycles. The summed E-state index contributed by atoms with van der Waals surface area (Å²) >= 11 is 5.96. The van der Waals surface area contributed by atoms with Crippen LogP contribution in [0.1, 0.15) is 0 Å². The summed E-state index contributed by atoms with van der Waals surface area (Å²) in [4.78, 5) is 0. The van der Waals surface area contributed by atoms with Crippen LogP contribution in [0.2, 0.25) is 5.02 Å². The molecule has 14 heavy (non-hydrogen) atoms. The molecule has 1 heterocycles. The van der Waals surface area contributed by atoms with Gasteiger partial charge in [-0.25, -0.2) is 0 Å². The van der Waals surface area contributed by atoms with E-state index in [0.29, 0.717) is 29.6 Å². The lowest BCUT2D eigenvalue weighted by Crippen LogP contribution is -2.32. The van der Waals surface area contributed by atoms with Crippen molar-refractivity contribution in [3.63, 3.8) is 0 Å². The highest BCUT2D eigenvalue weighted by Gasteiger charge is 2.21. The lowest BCUT2D eigenvalue weighted by molar-refractivity contribution is 0.323. The van der Waals surface area contributed by atoms with Crippen LogP contribution < -0.4 is 15.5 Å². The highest BCUT2D eigenvalue weighted by atomic mass is 35.5. The van der Waals surface area contributed by atoms with Crippen molar-refractivity contribution in [1.82, 2.24) is 0 Å². The second-order valence-electron chi connectivity index (χ2n) is 2.99. The molecule has 0 fully saturated rings. The predicted octanol–water partition coefficient (Wildman–Crippen LogP) is -0.176. The second-order valence-corrected chi connectivity index (χ2v) is 3.37. The highest BCUT2D eigenvalue weighted by Crippen LogP contribution is 2.32. The van der Waals surface area contributed by atoms with Crippen LogP contribution in [0, 0.1) is 0 Å². The van der Waals surface area contributed by atoms with Gasteiger partial charge < -0.3 is 20.1 Å². The van der Waals surface area contributed by atoms with E-state index in [1.165, 1.54) is 0 Å². The number of hydrogen-bond donors (Lipinski definition) is 3. The van der Waals surface area contributed by atoms with E-state index in [9.17, 15) is 0 Å². The summed E-state index contributed by atoms with van der Waals surface area (Å²) in [6.07, 6.45) is 0. The molecule has 1 aliphatic heterocycles. The minimum atomic E-state index is -1.56. The van der Waals surface area contributed by atoms with E-state index < -0.39 is 7.12 Å². The highest BCUT2D eigenvalue weighted by molar-refractivity contribution is 6.63. The predicted molar refractivity (Wildman–Crippen MR) is 55.3 cm³/mol. The Labute approximate surface area is 86.6 Å². The van der Waals surface area contributed by atoms with Gasteiger partial charge in [-0.3, -0.25) is 0 Å². The number of fused-ring (bicyclic) bond motifs is 1. The van der Waals surface area contributed by atoms with Crippen molar-refractivity contribution in [2.75, 3.05) is 18.5 Å². The molecule has 0 aliphatic carbocycles. The minimum absolute atomic E-state index is 0.281. The minimum Gasteiger partial charge on any atom is -0.490 e. The van der Waals surface area contributed by atoms with Crippen molar-refractivity contribution < 1.29 is 14.8 Å². The molecule has 3 N–H and O–H groups in total. The van der Waals surface area contributed by atoms with Gasteiger partial charge in [-0.1, -0.05) is 17.7 Å².